The fourth-order valence-corrected chi connectivity index (χ4v) is 8.48. The van der Waals surface area contributed by atoms with Gasteiger partial charge < -0.3 is 22.8 Å². The van der Waals surface area contributed by atoms with Gasteiger partial charge in [-0.05, 0) is 16.9 Å². The first-order valence-electron chi connectivity index (χ1n) is 5.26. The van der Waals surface area contributed by atoms with Crippen LogP contribution in [-0.4, -0.2) is 64.9 Å². The van der Waals surface area contributed by atoms with Crippen molar-refractivity contribution >= 4 is 60.4 Å². The molecule has 0 aliphatic rings. The largest absolute Gasteiger partial charge is 1.00 e. The minimum atomic E-state index is -6.51. The van der Waals surface area contributed by atoms with E-state index in [0.717, 1.165) is 0 Å². The molecule has 0 fully saturated rings. The zero-order valence-corrected chi connectivity index (χ0v) is 31.5. The summed E-state index contributed by atoms with van der Waals surface area (Å²) in [6.45, 7) is 0. The van der Waals surface area contributed by atoms with Gasteiger partial charge in [-0.1, -0.05) is 0 Å². The smallest absolute Gasteiger partial charge is 0.744 e. The first-order valence-corrected chi connectivity index (χ1v) is 13.6. The molecule has 0 aliphatic heterocycles. The molecule has 32 heavy (non-hydrogen) atoms. The van der Waals surface area contributed by atoms with Crippen molar-refractivity contribution in [3.05, 3.63) is 6.07 Å². The molecule has 0 aliphatic carbocycles. The van der Waals surface area contributed by atoms with Crippen LogP contribution in [0, 0.1) is 0 Å². The second-order valence-electron chi connectivity index (χ2n) is 4.17. The topological polar surface area (TPSA) is 286 Å². The maximum atomic E-state index is 11.3. The Balaban J connectivity index is -0.000000486. The summed E-state index contributed by atoms with van der Waals surface area (Å²) in [6, 6.07) is -0.507. The Labute approximate surface area is 297 Å². The van der Waals surface area contributed by atoms with Crippen LogP contribution in [0.25, 0.3) is 0 Å². The zero-order valence-electron chi connectivity index (χ0n) is 16.7. The molecule has 1 rings (SSSR count). The van der Waals surface area contributed by atoms with Crippen molar-refractivity contribution in [1.29, 1.82) is 0 Å². The zero-order chi connectivity index (χ0) is 21.8. The molecule has 15 nitrogen and oxygen atoms in total. The second kappa shape index (κ2) is 15.6. The van der Waals surface area contributed by atoms with Gasteiger partial charge in [-0.3, -0.25) is 0 Å². The van der Waals surface area contributed by atoms with Gasteiger partial charge >= 0.3 is 148 Å². The van der Waals surface area contributed by atoms with Gasteiger partial charge in [-0.15, -0.1) is 0 Å². The third-order valence-electron chi connectivity index (χ3n) is 2.33. The van der Waals surface area contributed by atoms with E-state index in [-0.39, 0.29) is 148 Å². The molecule has 0 saturated carbocycles. The van der Waals surface area contributed by atoms with Gasteiger partial charge in [-0.25, -0.2) is 42.1 Å². The van der Waals surface area contributed by atoms with Crippen molar-refractivity contribution in [2.75, 3.05) is 0 Å². The molecule has 0 atom stereocenters. The summed E-state index contributed by atoms with van der Waals surface area (Å²) in [7, 11) is -32.4. The van der Waals surface area contributed by atoms with Crippen LogP contribution in [0.1, 0.15) is 0 Å². The molecule has 0 saturated heterocycles. The Morgan fingerprint density at radius 1 is 0.500 bits per heavy atom. The van der Waals surface area contributed by atoms with Crippen LogP contribution in [0.2, 0.25) is 0 Å². The third kappa shape index (κ3) is 13.3. The van der Waals surface area contributed by atoms with E-state index < -0.39 is 91.0 Å². The van der Waals surface area contributed by atoms with Gasteiger partial charge in [0, 0.05) is 4.90 Å². The van der Waals surface area contributed by atoms with Crippen LogP contribution in [0.15, 0.2) is 30.5 Å². The van der Waals surface area contributed by atoms with Crippen molar-refractivity contribution in [2.24, 2.45) is 0 Å². The summed E-state index contributed by atoms with van der Waals surface area (Å²) in [4.78, 5) is -12.2. The molecule has 156 valence electrons. The third-order valence-corrected chi connectivity index (χ3v) is 8.32. The van der Waals surface area contributed by atoms with Gasteiger partial charge in [0.15, 0.2) is 9.15 Å². The summed E-state index contributed by atoms with van der Waals surface area (Å²) < 4.78 is 167. The molecule has 1 aromatic rings. The SMILES string of the molecule is O=S(=O)([O-])Sc1cc(S(=O)(=O)[O-])c(S(=O)(=O)[O-])c(S(=O)(=O)[O-])c1S(=O)(=O)[O-].[Na+].[Na+].[Na+].[Na+].[Na+]. The number of hydrogen-bond donors (Lipinski definition) is 0. The molecule has 0 aromatic heterocycles. The Bertz CT molecular complexity index is 1350. The normalized spacial score (nSPS) is 12.0. The summed E-state index contributed by atoms with van der Waals surface area (Å²) in [6.07, 6.45) is 0. The maximum Gasteiger partial charge on any atom is 1.00 e. The quantitative estimate of drug-likeness (QED) is 0.162. The number of hydrogen-bond acceptors (Lipinski definition) is 16. The Morgan fingerprint density at radius 2 is 0.812 bits per heavy atom. The van der Waals surface area contributed by atoms with Gasteiger partial charge in [0.05, 0.1) is 19.6 Å². The van der Waals surface area contributed by atoms with Crippen molar-refractivity contribution in [3.63, 3.8) is 0 Å². The van der Waals surface area contributed by atoms with E-state index in [4.69, 9.17) is 0 Å². The van der Waals surface area contributed by atoms with E-state index in [1.165, 1.54) is 0 Å². The monoisotopic (exact) mass is 620 g/mol. The van der Waals surface area contributed by atoms with Crippen LogP contribution < -0.4 is 148 Å². The molecule has 0 spiro atoms. The van der Waals surface area contributed by atoms with Gasteiger partial charge in [0.1, 0.15) is 40.5 Å². The summed E-state index contributed by atoms with van der Waals surface area (Å²) in [5, 5.41) is 0. The summed E-state index contributed by atoms with van der Waals surface area (Å²) in [5.41, 5.74) is 0. The Hall–Kier alpha value is 4.12. The molecule has 0 bridgehead atoms. The fraction of sp³-hybridized carbons (Fsp3) is 0. The fourth-order valence-electron chi connectivity index (χ4n) is 1.64. The summed E-state index contributed by atoms with van der Waals surface area (Å²) >= 11 is 0. The average molecular weight is 620 g/mol. The maximum absolute atomic E-state index is 11.3. The van der Waals surface area contributed by atoms with Crippen LogP contribution in [0.3, 0.4) is 0 Å². The number of benzene rings is 1. The Morgan fingerprint density at radius 3 is 1.03 bits per heavy atom. The predicted octanol–water partition coefficient (Wildman–Crippen LogP) is -18.1. The standard InChI is InChI=1S/C6H6O15S6.5Na/c7-23(8,9)3-1-2(22-27(19,20)21)4(24(10,11)12)6(26(16,17)18)5(3)25(13,14)15;;;;;/h1H,(H,7,8,9)(H,10,11,12)(H,13,14,15)(H,16,17,18)(H,19,20,21);;;;;/q;5*+1/p-5. The van der Waals surface area contributed by atoms with E-state index in [1.54, 1.807) is 0 Å². The van der Waals surface area contributed by atoms with E-state index in [2.05, 4.69) is 0 Å². The van der Waals surface area contributed by atoms with Crippen LogP contribution in [-0.2, 0) is 49.6 Å². The Kier molecular flexibility index (Phi) is 22.5. The molecule has 0 unspecified atom stereocenters. The van der Waals surface area contributed by atoms with E-state index in [0.29, 0.717) is 0 Å². The van der Waals surface area contributed by atoms with Crippen molar-refractivity contribution in [2.45, 2.75) is 24.5 Å². The average Bonchev–Trinajstić information content (AvgIpc) is 2.29. The van der Waals surface area contributed by atoms with Gasteiger partial charge in [0.2, 0.25) is 0 Å². The first-order chi connectivity index (χ1) is 11.6. The van der Waals surface area contributed by atoms with Crippen LogP contribution in [0.4, 0.5) is 0 Å². The second-order valence-corrected chi connectivity index (χ2v) is 12.6. The molecule has 0 radical (unpaired) electrons. The van der Waals surface area contributed by atoms with Gasteiger partial charge in [-0.2, -0.15) is 0 Å². The molecule has 0 N–H and O–H groups in total. The summed E-state index contributed by atoms with van der Waals surface area (Å²) in [5.74, 6) is 0. The van der Waals surface area contributed by atoms with Crippen molar-refractivity contribution in [3.8, 4) is 0 Å². The molecular weight excluding hydrogens is 619 g/mol. The van der Waals surface area contributed by atoms with Crippen molar-refractivity contribution < 1.29 is 213 Å². The van der Waals surface area contributed by atoms with Crippen molar-refractivity contribution in [1.82, 2.24) is 0 Å². The minimum absolute atomic E-state index is 0. The molecule has 1 aromatic carbocycles. The molecular formula is C6HNa5O15S6. The molecule has 0 heterocycles. The molecule has 0 amide bonds. The van der Waals surface area contributed by atoms with Crippen LogP contribution in [0.5, 0.6) is 0 Å². The van der Waals surface area contributed by atoms with E-state index in [9.17, 15) is 64.9 Å². The van der Waals surface area contributed by atoms with E-state index in [1.807, 2.05) is 0 Å². The van der Waals surface area contributed by atoms with Gasteiger partial charge in [0.25, 0.3) is 0 Å². The van der Waals surface area contributed by atoms with Crippen LogP contribution >= 0.6 is 10.8 Å². The minimum Gasteiger partial charge on any atom is -0.744 e. The first kappa shape index (κ1) is 46.0. The van der Waals surface area contributed by atoms with E-state index >= 15 is 0 Å². The molecule has 26 heteroatoms. The predicted molar refractivity (Wildman–Crippen MR) is 73.8 cm³/mol. The number of rotatable bonds is 6.